The van der Waals surface area contributed by atoms with Gasteiger partial charge in [0.25, 0.3) is 0 Å². The molecule has 2 atom stereocenters. The first-order valence-electron chi connectivity index (χ1n) is 10.9. The molecule has 1 saturated heterocycles. The Bertz CT molecular complexity index is 1150. The smallest absolute Gasteiger partial charge is 0.243 e. The Morgan fingerprint density at radius 3 is 1.91 bits per heavy atom. The van der Waals surface area contributed by atoms with E-state index < -0.39 is 24.8 Å². The van der Waals surface area contributed by atoms with Gasteiger partial charge in [0.1, 0.15) is 0 Å². The summed E-state index contributed by atoms with van der Waals surface area (Å²) in [7, 11) is -7.05. The minimum atomic E-state index is -3.57. The largest absolute Gasteiger partial charge is 0.381 e. The van der Waals surface area contributed by atoms with Gasteiger partial charge in [-0.25, -0.2) is 16.8 Å². The Hall–Kier alpha value is -2.14. The van der Waals surface area contributed by atoms with Gasteiger partial charge in [-0.3, -0.25) is 4.72 Å². The zero-order chi connectivity index (χ0) is 24.4. The molecule has 33 heavy (non-hydrogen) atoms. The summed E-state index contributed by atoms with van der Waals surface area (Å²) in [6.07, 6.45) is -0.278. The van der Waals surface area contributed by atoms with Gasteiger partial charge in [0.15, 0.2) is 0 Å². The lowest BCUT2D eigenvalue weighted by molar-refractivity contribution is -0.0440. The maximum Gasteiger partial charge on any atom is 0.243 e. The second-order valence-corrected chi connectivity index (χ2v) is 13.7. The quantitative estimate of drug-likeness (QED) is 0.608. The number of sulfonamides is 2. The van der Waals surface area contributed by atoms with Crippen LogP contribution in [0.25, 0.3) is 0 Å². The van der Waals surface area contributed by atoms with Crippen molar-refractivity contribution in [1.29, 1.82) is 0 Å². The standard InChI is InChI=1S/C23H33N3O5S2/c1-17-15-26(16-18(2)31-17)32(27,28)22-12-10-20(11-13-22)24-14-19-6-8-21(9-7-19)25-33(29,30)23(3,4)5/h6-13,17-18,24-25H,14-16H2,1-5H3. The van der Waals surface area contributed by atoms with E-state index in [0.29, 0.717) is 25.3 Å². The first kappa shape index (κ1) is 25.5. The number of hydrogen-bond acceptors (Lipinski definition) is 6. The predicted molar refractivity (Wildman–Crippen MR) is 131 cm³/mol. The Labute approximate surface area is 197 Å². The predicted octanol–water partition coefficient (Wildman–Crippen LogP) is 3.64. The van der Waals surface area contributed by atoms with Crippen molar-refractivity contribution in [2.45, 2.75) is 63.0 Å². The SMILES string of the molecule is CC1CN(S(=O)(=O)c2ccc(NCc3ccc(NS(=O)(=O)C(C)(C)C)cc3)cc2)CC(C)O1. The Balaban J connectivity index is 1.61. The molecule has 1 aliphatic rings. The minimum Gasteiger partial charge on any atom is -0.381 e. The summed E-state index contributed by atoms with van der Waals surface area (Å²) in [6.45, 7) is 9.87. The molecule has 0 spiro atoms. The van der Waals surface area contributed by atoms with Crippen molar-refractivity contribution in [3.63, 3.8) is 0 Å². The lowest BCUT2D eigenvalue weighted by Crippen LogP contribution is -2.48. The lowest BCUT2D eigenvalue weighted by Gasteiger charge is -2.34. The Morgan fingerprint density at radius 2 is 1.39 bits per heavy atom. The number of rotatable bonds is 7. The van der Waals surface area contributed by atoms with Crippen LogP contribution in [-0.4, -0.2) is 51.2 Å². The van der Waals surface area contributed by atoms with Gasteiger partial charge in [-0.1, -0.05) is 12.1 Å². The highest BCUT2D eigenvalue weighted by Gasteiger charge is 2.32. The lowest BCUT2D eigenvalue weighted by atomic mass is 10.2. The molecule has 1 aliphatic heterocycles. The van der Waals surface area contributed by atoms with Gasteiger partial charge in [0, 0.05) is 31.0 Å². The summed E-state index contributed by atoms with van der Waals surface area (Å²) < 4.78 is 59.3. The van der Waals surface area contributed by atoms with E-state index in [1.54, 1.807) is 57.2 Å². The molecule has 0 radical (unpaired) electrons. The van der Waals surface area contributed by atoms with Crippen molar-refractivity contribution in [3.8, 4) is 0 Å². The van der Waals surface area contributed by atoms with Crippen LogP contribution < -0.4 is 10.0 Å². The summed E-state index contributed by atoms with van der Waals surface area (Å²) in [6, 6.07) is 13.8. The normalized spacial score (nSPS) is 20.4. The van der Waals surface area contributed by atoms with Gasteiger partial charge in [0.05, 0.1) is 21.9 Å². The van der Waals surface area contributed by atoms with Crippen LogP contribution in [0, 0.1) is 0 Å². The van der Waals surface area contributed by atoms with E-state index in [-0.39, 0.29) is 17.1 Å². The van der Waals surface area contributed by atoms with Crippen LogP contribution in [0.4, 0.5) is 11.4 Å². The molecule has 0 amide bonds. The molecular weight excluding hydrogens is 462 g/mol. The first-order chi connectivity index (χ1) is 15.3. The number of benzene rings is 2. The fourth-order valence-electron chi connectivity index (χ4n) is 3.42. The van der Waals surface area contributed by atoms with Crippen molar-refractivity contribution in [2.24, 2.45) is 0 Å². The second kappa shape index (κ2) is 9.61. The van der Waals surface area contributed by atoms with E-state index in [9.17, 15) is 16.8 Å². The van der Waals surface area contributed by atoms with Crippen LogP contribution >= 0.6 is 0 Å². The fraction of sp³-hybridized carbons (Fsp3) is 0.478. The first-order valence-corrected chi connectivity index (χ1v) is 13.8. The third kappa shape index (κ3) is 6.26. The van der Waals surface area contributed by atoms with Crippen molar-refractivity contribution in [1.82, 2.24) is 4.31 Å². The van der Waals surface area contributed by atoms with Crippen LogP contribution in [-0.2, 0) is 31.3 Å². The van der Waals surface area contributed by atoms with Crippen molar-refractivity contribution in [3.05, 3.63) is 54.1 Å². The molecule has 0 aromatic heterocycles. The average molecular weight is 496 g/mol. The highest BCUT2D eigenvalue weighted by Crippen LogP contribution is 2.23. The third-order valence-corrected chi connectivity index (χ3v) is 9.35. The van der Waals surface area contributed by atoms with Crippen molar-refractivity contribution >= 4 is 31.4 Å². The molecule has 8 nitrogen and oxygen atoms in total. The van der Waals surface area contributed by atoms with Crippen molar-refractivity contribution in [2.75, 3.05) is 23.1 Å². The fourth-order valence-corrected chi connectivity index (χ4v) is 5.77. The molecule has 2 unspecified atom stereocenters. The number of morpholine rings is 1. The van der Waals surface area contributed by atoms with Crippen LogP contribution in [0.2, 0.25) is 0 Å². The number of anilines is 2. The number of nitrogens with zero attached hydrogens (tertiary/aromatic N) is 1. The minimum absolute atomic E-state index is 0.139. The van der Waals surface area contributed by atoms with Gasteiger partial charge in [-0.05, 0) is 76.6 Å². The van der Waals surface area contributed by atoms with E-state index in [1.165, 1.54) is 4.31 Å². The van der Waals surface area contributed by atoms with Gasteiger partial charge < -0.3 is 10.1 Å². The Kier molecular flexibility index (Phi) is 7.42. The molecular formula is C23H33N3O5S2. The van der Waals surface area contributed by atoms with Gasteiger partial charge in [0.2, 0.25) is 20.0 Å². The third-order valence-electron chi connectivity index (χ3n) is 5.39. The zero-order valence-electron chi connectivity index (χ0n) is 19.7. The molecule has 0 bridgehead atoms. The summed E-state index contributed by atoms with van der Waals surface area (Å²) in [4.78, 5) is 0.254. The molecule has 2 N–H and O–H groups in total. The molecule has 182 valence electrons. The number of nitrogens with one attached hydrogen (secondary N) is 2. The molecule has 2 aromatic carbocycles. The highest BCUT2D eigenvalue weighted by atomic mass is 32.2. The molecule has 10 heteroatoms. The van der Waals surface area contributed by atoms with E-state index in [0.717, 1.165) is 11.3 Å². The summed E-state index contributed by atoms with van der Waals surface area (Å²) in [5.74, 6) is 0. The molecule has 0 saturated carbocycles. The van der Waals surface area contributed by atoms with E-state index in [1.807, 2.05) is 26.0 Å². The van der Waals surface area contributed by atoms with Crippen LogP contribution in [0.3, 0.4) is 0 Å². The van der Waals surface area contributed by atoms with E-state index in [4.69, 9.17) is 4.74 Å². The van der Waals surface area contributed by atoms with E-state index in [2.05, 4.69) is 10.0 Å². The molecule has 1 heterocycles. The second-order valence-electron chi connectivity index (χ2n) is 9.37. The molecule has 0 aliphatic carbocycles. The van der Waals surface area contributed by atoms with Gasteiger partial charge >= 0.3 is 0 Å². The highest BCUT2D eigenvalue weighted by molar-refractivity contribution is 7.94. The van der Waals surface area contributed by atoms with Gasteiger partial charge in [-0.2, -0.15) is 4.31 Å². The van der Waals surface area contributed by atoms with Crippen LogP contribution in [0.1, 0.15) is 40.2 Å². The molecule has 3 rings (SSSR count). The monoisotopic (exact) mass is 495 g/mol. The zero-order valence-corrected chi connectivity index (χ0v) is 21.3. The molecule has 2 aromatic rings. The van der Waals surface area contributed by atoms with Gasteiger partial charge in [-0.15, -0.1) is 0 Å². The van der Waals surface area contributed by atoms with Crippen molar-refractivity contribution < 1.29 is 21.6 Å². The van der Waals surface area contributed by atoms with Crippen LogP contribution in [0.5, 0.6) is 0 Å². The Morgan fingerprint density at radius 1 is 0.879 bits per heavy atom. The maximum absolute atomic E-state index is 13.0. The topological polar surface area (TPSA) is 105 Å². The molecule has 1 fully saturated rings. The maximum atomic E-state index is 13.0. The van der Waals surface area contributed by atoms with Crippen LogP contribution in [0.15, 0.2) is 53.4 Å². The van der Waals surface area contributed by atoms with E-state index >= 15 is 0 Å². The summed E-state index contributed by atoms with van der Waals surface area (Å²) >= 11 is 0. The number of hydrogen-bond donors (Lipinski definition) is 2. The summed E-state index contributed by atoms with van der Waals surface area (Å²) in [5.41, 5.74) is 2.26. The average Bonchev–Trinajstić information content (AvgIpc) is 2.72. The number of ether oxygens (including phenoxy) is 1. The summed E-state index contributed by atoms with van der Waals surface area (Å²) in [5, 5.41) is 3.26.